The molecule has 1 unspecified atom stereocenters. The number of aryl methyl sites for hydroxylation is 1. The third kappa shape index (κ3) is 3.99. The summed E-state index contributed by atoms with van der Waals surface area (Å²) in [5.41, 5.74) is 2.63. The van der Waals surface area contributed by atoms with Crippen molar-refractivity contribution in [1.82, 2.24) is 19.9 Å². The maximum atomic E-state index is 14.1. The van der Waals surface area contributed by atoms with Crippen LogP contribution in [0.4, 0.5) is 8.78 Å². The van der Waals surface area contributed by atoms with Gasteiger partial charge in [0, 0.05) is 49.2 Å². The van der Waals surface area contributed by atoms with Crippen LogP contribution in [0.15, 0.2) is 48.9 Å². The molecule has 7 heteroatoms. The SMILES string of the molecule is Cc1ncc(-c2ccncc2)c(C2CCCN(C(=O)c3ccc(F)cc3F)C2)n1. The number of benzene rings is 1. The van der Waals surface area contributed by atoms with E-state index >= 15 is 0 Å². The number of carbonyl (C=O) groups is 1. The Bertz CT molecular complexity index is 1040. The van der Waals surface area contributed by atoms with Crippen LogP contribution in [0.2, 0.25) is 0 Å². The number of hydrogen-bond donors (Lipinski definition) is 0. The quantitative estimate of drug-likeness (QED) is 0.670. The summed E-state index contributed by atoms with van der Waals surface area (Å²) in [5, 5.41) is 0. The number of rotatable bonds is 3. The first-order valence-corrected chi connectivity index (χ1v) is 9.51. The van der Waals surface area contributed by atoms with E-state index in [-0.39, 0.29) is 11.5 Å². The van der Waals surface area contributed by atoms with Crippen molar-refractivity contribution >= 4 is 5.91 Å². The number of nitrogens with zero attached hydrogens (tertiary/aromatic N) is 4. The second-order valence-electron chi connectivity index (χ2n) is 7.17. The predicted molar refractivity (Wildman–Crippen MR) is 104 cm³/mol. The van der Waals surface area contributed by atoms with Crippen molar-refractivity contribution in [2.45, 2.75) is 25.7 Å². The summed E-state index contributed by atoms with van der Waals surface area (Å²) in [6.45, 7) is 2.78. The van der Waals surface area contributed by atoms with Gasteiger partial charge >= 0.3 is 0 Å². The Balaban J connectivity index is 1.64. The van der Waals surface area contributed by atoms with Crippen LogP contribution in [0.5, 0.6) is 0 Å². The number of amides is 1. The molecule has 0 saturated carbocycles. The highest BCUT2D eigenvalue weighted by molar-refractivity contribution is 5.94. The van der Waals surface area contributed by atoms with E-state index in [2.05, 4.69) is 15.0 Å². The molecule has 148 valence electrons. The Morgan fingerprint density at radius 2 is 1.97 bits per heavy atom. The largest absolute Gasteiger partial charge is 0.338 e. The molecule has 5 nitrogen and oxygen atoms in total. The summed E-state index contributed by atoms with van der Waals surface area (Å²) in [6, 6.07) is 6.85. The lowest BCUT2D eigenvalue weighted by atomic mass is 9.89. The Morgan fingerprint density at radius 3 is 2.72 bits per heavy atom. The minimum Gasteiger partial charge on any atom is -0.338 e. The maximum absolute atomic E-state index is 14.1. The second-order valence-corrected chi connectivity index (χ2v) is 7.17. The molecular formula is C22H20F2N4O. The lowest BCUT2D eigenvalue weighted by Crippen LogP contribution is -2.39. The monoisotopic (exact) mass is 394 g/mol. The fourth-order valence-corrected chi connectivity index (χ4v) is 3.77. The van der Waals surface area contributed by atoms with Gasteiger partial charge in [-0.15, -0.1) is 0 Å². The van der Waals surface area contributed by atoms with E-state index in [4.69, 9.17) is 0 Å². The Kier molecular flexibility index (Phi) is 5.29. The number of pyridine rings is 1. The van der Waals surface area contributed by atoms with Gasteiger partial charge in [-0.2, -0.15) is 0 Å². The molecule has 3 aromatic rings. The Morgan fingerprint density at radius 1 is 1.17 bits per heavy atom. The van der Waals surface area contributed by atoms with Gasteiger partial charge in [-0.25, -0.2) is 18.7 Å². The van der Waals surface area contributed by atoms with Crippen molar-refractivity contribution in [3.8, 4) is 11.1 Å². The topological polar surface area (TPSA) is 59.0 Å². The van der Waals surface area contributed by atoms with Gasteiger partial charge in [0.1, 0.15) is 17.5 Å². The zero-order valence-corrected chi connectivity index (χ0v) is 16.0. The second kappa shape index (κ2) is 8.03. The van der Waals surface area contributed by atoms with Crippen LogP contribution < -0.4 is 0 Å². The average molecular weight is 394 g/mol. The normalized spacial score (nSPS) is 16.7. The number of halogens is 2. The zero-order valence-electron chi connectivity index (χ0n) is 16.0. The minimum absolute atomic E-state index is 0.000995. The molecule has 1 fully saturated rings. The number of piperidine rings is 1. The van der Waals surface area contributed by atoms with Gasteiger partial charge in [0.2, 0.25) is 0 Å². The average Bonchev–Trinajstić information content (AvgIpc) is 2.74. The van der Waals surface area contributed by atoms with E-state index < -0.39 is 17.5 Å². The van der Waals surface area contributed by atoms with Crippen LogP contribution in [0.3, 0.4) is 0 Å². The summed E-state index contributed by atoms with van der Waals surface area (Å²) in [5.74, 6) is -1.31. The van der Waals surface area contributed by atoms with Crippen molar-refractivity contribution in [2.24, 2.45) is 0 Å². The van der Waals surface area contributed by atoms with Gasteiger partial charge in [0.05, 0.1) is 11.3 Å². The van der Waals surface area contributed by atoms with Crippen LogP contribution in [0.1, 0.15) is 40.6 Å². The van der Waals surface area contributed by atoms with Gasteiger partial charge in [-0.05, 0) is 49.6 Å². The third-order valence-electron chi connectivity index (χ3n) is 5.19. The van der Waals surface area contributed by atoms with E-state index in [1.807, 2.05) is 19.1 Å². The van der Waals surface area contributed by atoms with Gasteiger partial charge < -0.3 is 4.90 Å². The molecule has 1 saturated heterocycles. The predicted octanol–water partition coefficient (Wildman–Crippen LogP) is 4.15. The fraction of sp³-hybridized carbons (Fsp3) is 0.273. The van der Waals surface area contributed by atoms with Crippen LogP contribution in [0.25, 0.3) is 11.1 Å². The van der Waals surface area contributed by atoms with Crippen LogP contribution >= 0.6 is 0 Å². The fourth-order valence-electron chi connectivity index (χ4n) is 3.77. The maximum Gasteiger partial charge on any atom is 0.256 e. The molecule has 0 bridgehead atoms. The van der Waals surface area contributed by atoms with Crippen molar-refractivity contribution in [3.05, 3.63) is 77.6 Å². The van der Waals surface area contributed by atoms with E-state index in [0.29, 0.717) is 18.9 Å². The highest BCUT2D eigenvalue weighted by Gasteiger charge is 2.29. The molecule has 1 atom stereocenters. The Hall–Kier alpha value is -3.22. The number of likely N-dealkylation sites (tertiary alicyclic amines) is 1. The molecule has 0 spiro atoms. The first-order valence-electron chi connectivity index (χ1n) is 9.51. The van der Waals surface area contributed by atoms with Crippen molar-refractivity contribution < 1.29 is 13.6 Å². The standard InChI is InChI=1S/C22H20F2N4O/c1-14-26-12-19(15-6-8-25-9-7-15)21(27-14)16-3-2-10-28(13-16)22(29)18-5-4-17(23)11-20(18)24/h4-9,11-12,16H,2-3,10,13H2,1H3. The Labute approximate surface area is 167 Å². The van der Waals surface area contributed by atoms with Crippen molar-refractivity contribution in [2.75, 3.05) is 13.1 Å². The number of hydrogen-bond acceptors (Lipinski definition) is 4. The summed E-state index contributed by atoms with van der Waals surface area (Å²) in [6.07, 6.45) is 6.87. The van der Waals surface area contributed by atoms with Crippen molar-refractivity contribution in [3.63, 3.8) is 0 Å². The highest BCUT2D eigenvalue weighted by Crippen LogP contribution is 2.33. The van der Waals surface area contributed by atoms with E-state index in [0.717, 1.165) is 41.8 Å². The van der Waals surface area contributed by atoms with Gasteiger partial charge in [0.25, 0.3) is 5.91 Å². The number of aromatic nitrogens is 3. The summed E-state index contributed by atoms with van der Waals surface area (Å²) >= 11 is 0. The van der Waals surface area contributed by atoms with Gasteiger partial charge in [-0.1, -0.05) is 0 Å². The summed E-state index contributed by atoms with van der Waals surface area (Å²) < 4.78 is 27.3. The molecule has 3 heterocycles. The lowest BCUT2D eigenvalue weighted by Gasteiger charge is -2.33. The lowest BCUT2D eigenvalue weighted by molar-refractivity contribution is 0.0701. The molecule has 2 aromatic heterocycles. The third-order valence-corrected chi connectivity index (χ3v) is 5.19. The molecule has 1 aromatic carbocycles. The highest BCUT2D eigenvalue weighted by atomic mass is 19.1. The molecule has 4 rings (SSSR count). The molecule has 0 aliphatic carbocycles. The van der Waals surface area contributed by atoms with Crippen LogP contribution in [0, 0.1) is 18.6 Å². The summed E-state index contributed by atoms with van der Waals surface area (Å²) in [7, 11) is 0. The number of carbonyl (C=O) groups excluding carboxylic acids is 1. The molecule has 0 radical (unpaired) electrons. The van der Waals surface area contributed by atoms with E-state index in [1.54, 1.807) is 23.5 Å². The first kappa shape index (κ1) is 19.1. The summed E-state index contributed by atoms with van der Waals surface area (Å²) in [4.78, 5) is 27.5. The van der Waals surface area contributed by atoms with E-state index in [1.165, 1.54) is 6.07 Å². The molecule has 1 aliphatic heterocycles. The first-order chi connectivity index (χ1) is 14.0. The molecule has 1 aliphatic rings. The zero-order chi connectivity index (χ0) is 20.4. The molecule has 29 heavy (non-hydrogen) atoms. The minimum atomic E-state index is -0.840. The van der Waals surface area contributed by atoms with Gasteiger partial charge in [0.15, 0.2) is 0 Å². The van der Waals surface area contributed by atoms with Gasteiger partial charge in [-0.3, -0.25) is 9.78 Å². The van der Waals surface area contributed by atoms with Crippen LogP contribution in [-0.2, 0) is 0 Å². The smallest absolute Gasteiger partial charge is 0.256 e. The molecule has 1 amide bonds. The van der Waals surface area contributed by atoms with E-state index in [9.17, 15) is 13.6 Å². The molecule has 0 N–H and O–H groups in total. The van der Waals surface area contributed by atoms with Crippen molar-refractivity contribution in [1.29, 1.82) is 0 Å². The molecular weight excluding hydrogens is 374 g/mol. The van der Waals surface area contributed by atoms with Crippen LogP contribution in [-0.4, -0.2) is 38.8 Å².